The van der Waals surface area contributed by atoms with E-state index in [-0.39, 0.29) is 16.7 Å². The summed E-state index contributed by atoms with van der Waals surface area (Å²) in [5.41, 5.74) is 6.14. The van der Waals surface area contributed by atoms with Crippen LogP contribution >= 0.6 is 31.9 Å². The first kappa shape index (κ1) is 17.2. The lowest BCUT2D eigenvalue weighted by atomic mass is 10.2. The van der Waals surface area contributed by atoms with Gasteiger partial charge in [-0.1, -0.05) is 22.9 Å². The van der Waals surface area contributed by atoms with Crippen molar-refractivity contribution in [2.75, 3.05) is 25.4 Å². The van der Waals surface area contributed by atoms with Crippen LogP contribution in [-0.2, 0) is 14.8 Å². The van der Waals surface area contributed by atoms with E-state index in [1.807, 2.05) is 6.92 Å². The number of sulfonamides is 1. The first-order valence-corrected chi connectivity index (χ1v) is 9.75. The Kier molecular flexibility index (Phi) is 5.70. The Morgan fingerprint density at radius 3 is 2.67 bits per heavy atom. The number of nitrogen functional groups attached to an aromatic ring is 1. The van der Waals surface area contributed by atoms with Gasteiger partial charge in [-0.25, -0.2) is 8.42 Å². The van der Waals surface area contributed by atoms with Gasteiger partial charge in [0.25, 0.3) is 0 Å². The van der Waals surface area contributed by atoms with E-state index in [0.717, 1.165) is 17.3 Å². The van der Waals surface area contributed by atoms with Crippen LogP contribution < -0.4 is 5.73 Å². The molecule has 1 aromatic rings. The van der Waals surface area contributed by atoms with Crippen molar-refractivity contribution < 1.29 is 13.2 Å². The van der Waals surface area contributed by atoms with Gasteiger partial charge in [-0.15, -0.1) is 0 Å². The van der Waals surface area contributed by atoms with E-state index in [0.29, 0.717) is 24.2 Å². The number of likely N-dealkylation sites (N-methyl/N-ethyl adjacent to an activating group) is 1. The Balaban J connectivity index is 2.35. The van der Waals surface area contributed by atoms with Crippen LogP contribution in [0.2, 0.25) is 0 Å². The molecule has 1 atom stereocenters. The SMILES string of the molecule is CCN(CC1CCCO1)S(=O)(=O)c1c(N)cc(Br)cc1Br. The van der Waals surface area contributed by atoms with E-state index in [9.17, 15) is 8.42 Å². The average Bonchev–Trinajstić information content (AvgIpc) is 2.86. The molecule has 2 N–H and O–H groups in total. The second kappa shape index (κ2) is 6.95. The van der Waals surface area contributed by atoms with Crippen LogP contribution in [0.4, 0.5) is 5.69 Å². The molecule has 1 unspecified atom stereocenters. The molecule has 1 aliphatic heterocycles. The highest BCUT2D eigenvalue weighted by Crippen LogP contribution is 2.34. The van der Waals surface area contributed by atoms with Gasteiger partial charge >= 0.3 is 0 Å². The van der Waals surface area contributed by atoms with Gasteiger partial charge in [0.2, 0.25) is 10.0 Å². The van der Waals surface area contributed by atoms with E-state index in [1.54, 1.807) is 12.1 Å². The molecular formula is C13H18Br2N2O3S. The Morgan fingerprint density at radius 1 is 1.43 bits per heavy atom. The highest BCUT2D eigenvalue weighted by molar-refractivity contribution is 9.11. The Bertz CT molecular complexity index is 593. The zero-order chi connectivity index (χ0) is 15.6. The third kappa shape index (κ3) is 3.79. The molecule has 0 amide bonds. The van der Waals surface area contributed by atoms with Gasteiger partial charge in [-0.3, -0.25) is 0 Å². The fraction of sp³-hybridized carbons (Fsp3) is 0.538. The zero-order valence-corrected chi connectivity index (χ0v) is 15.7. The van der Waals surface area contributed by atoms with Crippen LogP contribution in [0.3, 0.4) is 0 Å². The Labute approximate surface area is 142 Å². The first-order valence-electron chi connectivity index (χ1n) is 6.72. The summed E-state index contributed by atoms with van der Waals surface area (Å²) in [6.07, 6.45) is 1.84. The minimum atomic E-state index is -3.66. The van der Waals surface area contributed by atoms with Crippen molar-refractivity contribution in [3.63, 3.8) is 0 Å². The quantitative estimate of drug-likeness (QED) is 0.712. The standard InChI is InChI=1S/C13H18Br2N2O3S/c1-2-17(8-10-4-3-5-20-10)21(18,19)13-11(15)6-9(14)7-12(13)16/h6-7,10H,2-5,8,16H2,1H3. The van der Waals surface area contributed by atoms with E-state index in [1.165, 1.54) is 4.31 Å². The van der Waals surface area contributed by atoms with Crippen LogP contribution in [0, 0.1) is 0 Å². The fourth-order valence-corrected chi connectivity index (χ4v) is 5.89. The lowest BCUT2D eigenvalue weighted by Crippen LogP contribution is -2.37. The van der Waals surface area contributed by atoms with Gasteiger partial charge in [-0.05, 0) is 40.9 Å². The summed E-state index contributed by atoms with van der Waals surface area (Å²) in [4.78, 5) is 0.116. The maximum Gasteiger partial charge on any atom is 0.246 e. The molecule has 1 aromatic carbocycles. The van der Waals surface area contributed by atoms with Gasteiger partial charge in [0.1, 0.15) is 4.90 Å². The summed E-state index contributed by atoms with van der Waals surface area (Å²) in [6.45, 7) is 3.26. The molecule has 0 spiro atoms. The number of hydrogen-bond acceptors (Lipinski definition) is 4. The Morgan fingerprint density at radius 2 is 2.14 bits per heavy atom. The number of ether oxygens (including phenoxy) is 1. The van der Waals surface area contributed by atoms with Crippen LogP contribution in [0.15, 0.2) is 26.0 Å². The van der Waals surface area contributed by atoms with Crippen LogP contribution in [-0.4, -0.2) is 38.5 Å². The van der Waals surface area contributed by atoms with Crippen LogP contribution in [0.5, 0.6) is 0 Å². The molecule has 8 heteroatoms. The highest BCUT2D eigenvalue weighted by atomic mass is 79.9. The molecule has 0 saturated carbocycles. The molecule has 1 fully saturated rings. The van der Waals surface area contributed by atoms with E-state index in [4.69, 9.17) is 10.5 Å². The summed E-state index contributed by atoms with van der Waals surface area (Å²) in [5.74, 6) is 0. The molecule has 21 heavy (non-hydrogen) atoms. The molecule has 1 saturated heterocycles. The maximum absolute atomic E-state index is 12.8. The molecule has 0 bridgehead atoms. The summed E-state index contributed by atoms with van der Waals surface area (Å²) < 4.78 is 33.8. The van der Waals surface area contributed by atoms with E-state index < -0.39 is 10.0 Å². The largest absolute Gasteiger partial charge is 0.398 e. The van der Waals surface area contributed by atoms with E-state index in [2.05, 4.69) is 31.9 Å². The lowest BCUT2D eigenvalue weighted by Gasteiger charge is -2.24. The normalized spacial score (nSPS) is 19.3. The lowest BCUT2D eigenvalue weighted by molar-refractivity contribution is 0.0947. The van der Waals surface area contributed by atoms with Gasteiger partial charge in [0, 0.05) is 28.6 Å². The number of halogens is 2. The van der Waals surface area contributed by atoms with Gasteiger partial charge < -0.3 is 10.5 Å². The summed E-state index contributed by atoms with van der Waals surface area (Å²) in [7, 11) is -3.66. The molecular weight excluding hydrogens is 424 g/mol. The molecule has 1 heterocycles. The molecule has 0 radical (unpaired) electrons. The number of anilines is 1. The molecule has 2 rings (SSSR count). The number of nitrogens with zero attached hydrogens (tertiary/aromatic N) is 1. The van der Waals surface area contributed by atoms with E-state index >= 15 is 0 Å². The number of nitrogens with two attached hydrogens (primary N) is 1. The minimum absolute atomic E-state index is 0.0322. The zero-order valence-electron chi connectivity index (χ0n) is 11.7. The van der Waals surface area contributed by atoms with Crippen LogP contribution in [0.1, 0.15) is 19.8 Å². The number of rotatable bonds is 5. The summed E-state index contributed by atoms with van der Waals surface area (Å²) in [5, 5.41) is 0. The Hall–Kier alpha value is -0.150. The number of benzene rings is 1. The van der Waals surface area contributed by atoms with Crippen molar-refractivity contribution >= 4 is 47.6 Å². The van der Waals surface area contributed by atoms with Crippen molar-refractivity contribution in [1.29, 1.82) is 0 Å². The van der Waals surface area contributed by atoms with Gasteiger partial charge in [-0.2, -0.15) is 4.31 Å². The smallest absolute Gasteiger partial charge is 0.246 e. The van der Waals surface area contributed by atoms with Crippen molar-refractivity contribution in [2.45, 2.75) is 30.8 Å². The second-order valence-electron chi connectivity index (χ2n) is 4.90. The average molecular weight is 442 g/mol. The molecule has 5 nitrogen and oxygen atoms in total. The van der Waals surface area contributed by atoms with Crippen molar-refractivity contribution in [1.82, 2.24) is 4.31 Å². The van der Waals surface area contributed by atoms with Gasteiger partial charge in [0.05, 0.1) is 11.8 Å². The molecule has 118 valence electrons. The molecule has 0 aromatic heterocycles. The third-order valence-electron chi connectivity index (χ3n) is 3.42. The topological polar surface area (TPSA) is 72.6 Å². The maximum atomic E-state index is 12.8. The number of hydrogen-bond donors (Lipinski definition) is 1. The predicted molar refractivity (Wildman–Crippen MR) is 89.7 cm³/mol. The monoisotopic (exact) mass is 440 g/mol. The van der Waals surface area contributed by atoms with Crippen LogP contribution in [0.25, 0.3) is 0 Å². The predicted octanol–water partition coefficient (Wildman–Crippen LogP) is 2.98. The van der Waals surface area contributed by atoms with Crippen molar-refractivity contribution in [3.8, 4) is 0 Å². The second-order valence-corrected chi connectivity index (χ2v) is 8.54. The first-order chi connectivity index (χ1) is 9.86. The third-order valence-corrected chi connectivity index (χ3v) is 6.82. The van der Waals surface area contributed by atoms with Crippen molar-refractivity contribution in [3.05, 3.63) is 21.1 Å². The summed E-state index contributed by atoms with van der Waals surface area (Å²) in [6, 6.07) is 3.28. The fourth-order valence-electron chi connectivity index (χ4n) is 2.39. The minimum Gasteiger partial charge on any atom is -0.398 e. The highest BCUT2D eigenvalue weighted by Gasteiger charge is 2.31. The molecule has 0 aliphatic carbocycles. The van der Waals surface area contributed by atoms with Gasteiger partial charge in [0.15, 0.2) is 0 Å². The van der Waals surface area contributed by atoms with Crippen molar-refractivity contribution in [2.24, 2.45) is 0 Å². The molecule has 1 aliphatic rings. The summed E-state index contributed by atoms with van der Waals surface area (Å²) >= 11 is 6.60.